The molecular weight excluding hydrogens is 389 g/mol. The van der Waals surface area contributed by atoms with Crippen LogP contribution in [-0.2, 0) is 35.8 Å². The lowest BCUT2D eigenvalue weighted by Crippen LogP contribution is -2.24. The van der Waals surface area contributed by atoms with Crippen LogP contribution in [0, 0.1) is 6.92 Å². The Labute approximate surface area is 156 Å². The quantitative estimate of drug-likeness (QED) is 0.816. The summed E-state index contributed by atoms with van der Waals surface area (Å²) in [5.41, 5.74) is 2.30. The summed E-state index contributed by atoms with van der Waals surface area (Å²) < 4.78 is 65.4. The molecule has 0 saturated heterocycles. The first-order valence-corrected chi connectivity index (χ1v) is 9.14. The maximum Gasteiger partial charge on any atom is 0.416 e. The van der Waals surface area contributed by atoms with Crippen molar-refractivity contribution < 1.29 is 21.6 Å². The fraction of sp³-hybridized carbons (Fsp3) is 0.294. The zero-order valence-corrected chi connectivity index (χ0v) is 15.5. The van der Waals surface area contributed by atoms with Crippen molar-refractivity contribution in [2.45, 2.75) is 37.6 Å². The Morgan fingerprint density at radius 2 is 1.77 bits per heavy atom. The van der Waals surface area contributed by atoms with E-state index in [9.17, 15) is 21.6 Å². The molecule has 2 N–H and O–H groups in total. The molecule has 1 heterocycles. The summed E-state index contributed by atoms with van der Waals surface area (Å²) in [6.45, 7) is 2.97. The molecule has 0 saturated carbocycles. The molecule has 0 bridgehead atoms. The number of aryl methyl sites for hydroxylation is 1. The van der Waals surface area contributed by atoms with Crippen molar-refractivity contribution in [3.8, 4) is 0 Å². The highest BCUT2D eigenvalue weighted by molar-refractivity contribution is 7.89. The van der Waals surface area contributed by atoms with Crippen molar-refractivity contribution in [1.29, 1.82) is 0 Å². The number of alkyl halides is 3. The average molecular weight is 407 g/mol. The molecule has 0 aromatic heterocycles. The molecule has 0 unspecified atom stereocenters. The van der Waals surface area contributed by atoms with Crippen LogP contribution in [0.3, 0.4) is 0 Å². The highest BCUT2D eigenvalue weighted by atomic mass is 35.5. The first-order chi connectivity index (χ1) is 11.7. The van der Waals surface area contributed by atoms with E-state index in [0.29, 0.717) is 0 Å². The highest BCUT2D eigenvalue weighted by Gasteiger charge is 2.31. The van der Waals surface area contributed by atoms with Gasteiger partial charge in [-0.15, -0.1) is 12.4 Å². The van der Waals surface area contributed by atoms with E-state index in [1.54, 1.807) is 0 Å². The van der Waals surface area contributed by atoms with Crippen molar-refractivity contribution in [2.75, 3.05) is 0 Å². The molecule has 9 heteroatoms. The van der Waals surface area contributed by atoms with Gasteiger partial charge in [0, 0.05) is 19.6 Å². The van der Waals surface area contributed by atoms with E-state index < -0.39 is 21.8 Å². The summed E-state index contributed by atoms with van der Waals surface area (Å²) in [6, 6.07) is 8.33. The molecule has 26 heavy (non-hydrogen) atoms. The smallest absolute Gasteiger partial charge is 0.309 e. The van der Waals surface area contributed by atoms with Gasteiger partial charge in [0.2, 0.25) is 10.0 Å². The third-order valence-corrected chi connectivity index (χ3v) is 5.72. The predicted molar refractivity (Wildman–Crippen MR) is 94.4 cm³/mol. The third kappa shape index (κ3) is 4.37. The van der Waals surface area contributed by atoms with Gasteiger partial charge >= 0.3 is 6.18 Å². The number of fused-ring (bicyclic) bond motifs is 1. The third-order valence-electron chi connectivity index (χ3n) is 4.16. The fourth-order valence-electron chi connectivity index (χ4n) is 2.84. The molecule has 1 aliphatic heterocycles. The van der Waals surface area contributed by atoms with Gasteiger partial charge in [-0.1, -0.05) is 18.2 Å². The number of halogens is 4. The van der Waals surface area contributed by atoms with Crippen molar-refractivity contribution in [3.63, 3.8) is 0 Å². The Balaban J connectivity index is 0.00000243. The molecule has 0 atom stereocenters. The summed E-state index contributed by atoms with van der Waals surface area (Å²) >= 11 is 0. The van der Waals surface area contributed by atoms with Gasteiger partial charge in [-0.25, -0.2) is 13.1 Å². The van der Waals surface area contributed by atoms with E-state index in [2.05, 4.69) is 10.0 Å². The molecule has 0 radical (unpaired) electrons. The number of benzene rings is 2. The number of hydrogen-bond acceptors (Lipinski definition) is 3. The minimum Gasteiger partial charge on any atom is -0.309 e. The van der Waals surface area contributed by atoms with E-state index in [4.69, 9.17) is 0 Å². The summed E-state index contributed by atoms with van der Waals surface area (Å²) in [4.78, 5) is -0.150. The lowest BCUT2D eigenvalue weighted by molar-refractivity contribution is -0.137. The molecule has 2 aromatic rings. The summed E-state index contributed by atoms with van der Waals surface area (Å²) in [6.07, 6.45) is -4.50. The van der Waals surface area contributed by atoms with Crippen LogP contribution in [0.1, 0.15) is 27.8 Å². The van der Waals surface area contributed by atoms with Crippen LogP contribution in [0.5, 0.6) is 0 Å². The summed E-state index contributed by atoms with van der Waals surface area (Å²) in [7, 11) is -3.90. The lowest BCUT2D eigenvalue weighted by Gasteiger charge is -2.13. The molecule has 0 spiro atoms. The highest BCUT2D eigenvalue weighted by Crippen LogP contribution is 2.31. The Kier molecular flexibility index (Phi) is 6.02. The van der Waals surface area contributed by atoms with Crippen LogP contribution >= 0.6 is 12.4 Å². The van der Waals surface area contributed by atoms with E-state index in [0.717, 1.165) is 42.4 Å². The second-order valence-electron chi connectivity index (χ2n) is 6.01. The minimum absolute atomic E-state index is 0. The van der Waals surface area contributed by atoms with Gasteiger partial charge in [0.25, 0.3) is 0 Å². The average Bonchev–Trinajstić information content (AvgIpc) is 2.99. The van der Waals surface area contributed by atoms with Gasteiger partial charge in [-0.05, 0) is 47.4 Å². The Morgan fingerprint density at radius 3 is 2.42 bits per heavy atom. The molecule has 142 valence electrons. The zero-order valence-electron chi connectivity index (χ0n) is 13.9. The normalized spacial score (nSPS) is 14.0. The van der Waals surface area contributed by atoms with E-state index in [1.807, 2.05) is 18.2 Å². The first-order valence-electron chi connectivity index (χ1n) is 7.66. The van der Waals surface area contributed by atoms with Gasteiger partial charge < -0.3 is 5.32 Å². The van der Waals surface area contributed by atoms with E-state index in [1.165, 1.54) is 12.5 Å². The summed E-state index contributed by atoms with van der Waals surface area (Å²) in [5, 5.41) is 3.21. The predicted octanol–water partition coefficient (Wildman–Crippen LogP) is 3.52. The molecule has 0 aliphatic carbocycles. The van der Waals surface area contributed by atoms with Crippen LogP contribution in [0.2, 0.25) is 0 Å². The van der Waals surface area contributed by atoms with Crippen molar-refractivity contribution in [3.05, 3.63) is 64.2 Å². The number of nitrogens with one attached hydrogen (secondary N) is 2. The van der Waals surface area contributed by atoms with Gasteiger partial charge in [-0.3, -0.25) is 0 Å². The zero-order chi connectivity index (χ0) is 18.2. The van der Waals surface area contributed by atoms with Gasteiger partial charge in [0.05, 0.1) is 10.5 Å². The van der Waals surface area contributed by atoms with Gasteiger partial charge in [-0.2, -0.15) is 13.2 Å². The fourth-order valence-corrected chi connectivity index (χ4v) is 4.08. The van der Waals surface area contributed by atoms with Crippen LogP contribution in [0.25, 0.3) is 0 Å². The van der Waals surface area contributed by atoms with Crippen molar-refractivity contribution in [2.24, 2.45) is 0 Å². The second kappa shape index (κ2) is 7.56. The van der Waals surface area contributed by atoms with Gasteiger partial charge in [0.15, 0.2) is 0 Å². The van der Waals surface area contributed by atoms with E-state index >= 15 is 0 Å². The molecule has 3 rings (SSSR count). The maximum absolute atomic E-state index is 12.7. The van der Waals surface area contributed by atoms with Gasteiger partial charge in [0.1, 0.15) is 0 Å². The molecule has 2 aromatic carbocycles. The lowest BCUT2D eigenvalue weighted by atomic mass is 10.1. The van der Waals surface area contributed by atoms with Crippen LogP contribution in [0.4, 0.5) is 13.2 Å². The largest absolute Gasteiger partial charge is 0.416 e. The molecule has 0 fully saturated rings. The standard InChI is InChI=1S/C17H17F3N2O2S.ClH/c1-11-6-15(17(18,19)20)4-5-16(11)25(23,24)22-8-12-2-3-13-9-21-10-14(13)7-12;/h2-7,21-22H,8-10H2,1H3;1H. The minimum atomic E-state index is -4.50. The first kappa shape index (κ1) is 20.7. The van der Waals surface area contributed by atoms with Crippen molar-refractivity contribution in [1.82, 2.24) is 10.0 Å². The molecule has 1 aliphatic rings. The second-order valence-corrected chi connectivity index (χ2v) is 7.74. The molecule has 0 amide bonds. The van der Waals surface area contributed by atoms with Crippen molar-refractivity contribution >= 4 is 22.4 Å². The number of sulfonamides is 1. The van der Waals surface area contributed by atoms with Crippen LogP contribution in [-0.4, -0.2) is 8.42 Å². The maximum atomic E-state index is 12.7. The molecular formula is C17H18ClF3N2O2S. The number of rotatable bonds is 4. The van der Waals surface area contributed by atoms with E-state index in [-0.39, 0.29) is 29.4 Å². The topological polar surface area (TPSA) is 58.2 Å². The SMILES string of the molecule is Cc1cc(C(F)(F)F)ccc1S(=O)(=O)NCc1ccc2c(c1)CNC2.Cl. The number of hydrogen-bond donors (Lipinski definition) is 2. The Bertz CT molecular complexity index is 915. The molecule has 4 nitrogen and oxygen atoms in total. The Hall–Kier alpha value is -1.61. The van der Waals surface area contributed by atoms with Crippen LogP contribution < -0.4 is 10.0 Å². The van der Waals surface area contributed by atoms with Crippen LogP contribution in [0.15, 0.2) is 41.3 Å². The Morgan fingerprint density at radius 1 is 1.08 bits per heavy atom. The summed E-state index contributed by atoms with van der Waals surface area (Å²) in [5.74, 6) is 0. The monoisotopic (exact) mass is 406 g/mol.